The molecule has 2 N–H and O–H groups in total. The number of hydrogen-bond donors (Lipinski definition) is 2. The molecule has 0 aliphatic carbocycles. The van der Waals surface area contributed by atoms with E-state index >= 15 is 0 Å². The molecule has 7 heteroatoms. The van der Waals surface area contributed by atoms with E-state index in [4.69, 9.17) is 5.11 Å². The Hall–Kier alpha value is -2.18. The van der Waals surface area contributed by atoms with Crippen molar-refractivity contribution in [2.75, 3.05) is 25.0 Å². The maximum absolute atomic E-state index is 11.5. The fourth-order valence-electron chi connectivity index (χ4n) is 1.25. The van der Waals surface area contributed by atoms with Crippen LogP contribution in [0.25, 0.3) is 0 Å². The van der Waals surface area contributed by atoms with Crippen molar-refractivity contribution in [1.29, 1.82) is 0 Å². The van der Waals surface area contributed by atoms with E-state index in [0.717, 1.165) is 12.6 Å². The summed E-state index contributed by atoms with van der Waals surface area (Å²) in [5.41, 5.74) is -0.123. The minimum Gasteiger partial charge on any atom is -0.476 e. The van der Waals surface area contributed by atoms with Gasteiger partial charge in [0.15, 0.2) is 5.69 Å². The van der Waals surface area contributed by atoms with Crippen molar-refractivity contribution >= 4 is 17.7 Å². The Morgan fingerprint density at radius 2 is 2.11 bits per heavy atom. The van der Waals surface area contributed by atoms with E-state index < -0.39 is 5.97 Å². The summed E-state index contributed by atoms with van der Waals surface area (Å²) < 4.78 is 0. The number of nitrogens with zero attached hydrogens (tertiary/aromatic N) is 3. The van der Waals surface area contributed by atoms with Crippen molar-refractivity contribution in [2.24, 2.45) is 0 Å². The predicted molar refractivity (Wildman–Crippen MR) is 65.6 cm³/mol. The van der Waals surface area contributed by atoms with Gasteiger partial charge in [-0.2, -0.15) is 0 Å². The van der Waals surface area contributed by atoms with Gasteiger partial charge in [-0.1, -0.05) is 6.92 Å². The number of carboxylic acid groups (broad SMARTS) is 1. The molecule has 0 spiro atoms. The molecule has 98 valence electrons. The van der Waals surface area contributed by atoms with Crippen molar-refractivity contribution in [3.8, 4) is 0 Å². The molecule has 1 aromatic heterocycles. The second kappa shape index (κ2) is 6.53. The highest BCUT2D eigenvalue weighted by atomic mass is 16.4. The summed E-state index contributed by atoms with van der Waals surface area (Å²) in [4.78, 5) is 31.3. The maximum atomic E-state index is 11.5. The van der Waals surface area contributed by atoms with Crippen molar-refractivity contribution in [2.45, 2.75) is 13.3 Å². The lowest BCUT2D eigenvalue weighted by Gasteiger charge is -2.16. The van der Waals surface area contributed by atoms with Crippen molar-refractivity contribution in [3.63, 3.8) is 0 Å². The number of aromatic nitrogens is 2. The van der Waals surface area contributed by atoms with Crippen molar-refractivity contribution in [3.05, 3.63) is 18.1 Å². The quantitative estimate of drug-likeness (QED) is 0.747. The number of carbonyl (C=O) groups is 2. The second-order valence-electron chi connectivity index (χ2n) is 3.77. The predicted octanol–water partition coefficient (Wildman–Crippen LogP) is 0.137. The van der Waals surface area contributed by atoms with Crippen molar-refractivity contribution in [1.82, 2.24) is 15.3 Å². The van der Waals surface area contributed by atoms with Crippen LogP contribution in [0.5, 0.6) is 0 Å². The Morgan fingerprint density at radius 1 is 1.39 bits per heavy atom. The summed E-state index contributed by atoms with van der Waals surface area (Å²) in [6.07, 6.45) is 3.37. The van der Waals surface area contributed by atoms with Crippen LogP contribution >= 0.6 is 0 Å². The van der Waals surface area contributed by atoms with E-state index in [-0.39, 0.29) is 18.1 Å². The van der Waals surface area contributed by atoms with Crippen LogP contribution in [0.2, 0.25) is 0 Å². The maximum Gasteiger partial charge on any atom is 0.356 e. The molecule has 0 fully saturated rings. The number of hydrogen-bond acceptors (Lipinski definition) is 5. The summed E-state index contributed by atoms with van der Waals surface area (Å²) in [5.74, 6) is -0.785. The first kappa shape index (κ1) is 13.9. The first-order valence-electron chi connectivity index (χ1n) is 5.57. The molecule has 0 unspecified atom stereocenters. The Labute approximate surface area is 105 Å². The summed E-state index contributed by atoms with van der Waals surface area (Å²) in [7, 11) is 1.69. The molecule has 0 saturated carbocycles. The topological polar surface area (TPSA) is 95.4 Å². The summed E-state index contributed by atoms with van der Waals surface area (Å²) in [6, 6.07) is 0. The third-order valence-electron chi connectivity index (χ3n) is 2.20. The van der Waals surface area contributed by atoms with E-state index in [1.165, 1.54) is 6.20 Å². The SMILES string of the molecule is CCCNC(=O)CN(C)c1cnc(C(=O)O)cn1. The molecule has 18 heavy (non-hydrogen) atoms. The fraction of sp³-hybridized carbons (Fsp3) is 0.455. The van der Waals surface area contributed by atoms with E-state index in [2.05, 4.69) is 15.3 Å². The molecule has 0 atom stereocenters. The van der Waals surface area contributed by atoms with Crippen LogP contribution in [0.4, 0.5) is 5.82 Å². The van der Waals surface area contributed by atoms with Crippen LogP contribution in [0.15, 0.2) is 12.4 Å². The zero-order valence-corrected chi connectivity index (χ0v) is 10.4. The van der Waals surface area contributed by atoms with Crippen LogP contribution in [0.1, 0.15) is 23.8 Å². The number of carboxylic acids is 1. The highest BCUT2D eigenvalue weighted by Crippen LogP contribution is 2.06. The van der Waals surface area contributed by atoms with Crippen LogP contribution < -0.4 is 10.2 Å². The molecule has 0 bridgehead atoms. The molecule has 1 aromatic rings. The van der Waals surface area contributed by atoms with Gasteiger partial charge in [0.25, 0.3) is 0 Å². The van der Waals surface area contributed by atoms with Crippen molar-refractivity contribution < 1.29 is 14.7 Å². The van der Waals surface area contributed by atoms with Gasteiger partial charge >= 0.3 is 5.97 Å². The average molecular weight is 252 g/mol. The van der Waals surface area contributed by atoms with Gasteiger partial charge in [-0.25, -0.2) is 14.8 Å². The van der Waals surface area contributed by atoms with Gasteiger partial charge in [-0.3, -0.25) is 4.79 Å². The average Bonchev–Trinajstić information content (AvgIpc) is 2.36. The minimum absolute atomic E-state index is 0.108. The number of aromatic carboxylic acids is 1. The molecule has 0 aliphatic rings. The lowest BCUT2D eigenvalue weighted by atomic mass is 10.4. The molecule has 1 heterocycles. The lowest BCUT2D eigenvalue weighted by molar-refractivity contribution is -0.119. The fourth-order valence-corrected chi connectivity index (χ4v) is 1.25. The van der Waals surface area contributed by atoms with E-state index in [1.807, 2.05) is 6.92 Å². The van der Waals surface area contributed by atoms with Gasteiger partial charge in [-0.15, -0.1) is 0 Å². The third kappa shape index (κ3) is 4.00. The number of carbonyl (C=O) groups excluding carboxylic acids is 1. The molecule has 0 aromatic carbocycles. The molecule has 1 rings (SSSR count). The highest BCUT2D eigenvalue weighted by Gasteiger charge is 2.10. The third-order valence-corrected chi connectivity index (χ3v) is 2.20. The van der Waals surface area contributed by atoms with Crippen LogP contribution in [0.3, 0.4) is 0 Å². The zero-order valence-electron chi connectivity index (χ0n) is 10.4. The molecule has 0 saturated heterocycles. The van der Waals surface area contributed by atoms with Gasteiger partial charge in [-0.05, 0) is 6.42 Å². The molecular formula is C11H16N4O3. The standard InChI is InChI=1S/C11H16N4O3/c1-3-4-12-10(16)7-15(2)9-6-13-8(5-14-9)11(17)18/h5-6H,3-4,7H2,1-2H3,(H,12,16)(H,17,18). The van der Waals surface area contributed by atoms with Gasteiger partial charge in [0.05, 0.1) is 18.9 Å². The van der Waals surface area contributed by atoms with Gasteiger partial charge in [0.2, 0.25) is 5.91 Å². The second-order valence-corrected chi connectivity index (χ2v) is 3.77. The number of nitrogens with one attached hydrogen (secondary N) is 1. The monoisotopic (exact) mass is 252 g/mol. The number of anilines is 1. The number of likely N-dealkylation sites (N-methyl/N-ethyl adjacent to an activating group) is 1. The van der Waals surface area contributed by atoms with Gasteiger partial charge < -0.3 is 15.3 Å². The van der Waals surface area contributed by atoms with E-state index in [9.17, 15) is 9.59 Å². The van der Waals surface area contributed by atoms with E-state index in [1.54, 1.807) is 11.9 Å². The smallest absolute Gasteiger partial charge is 0.356 e. The normalized spacial score (nSPS) is 9.89. The zero-order chi connectivity index (χ0) is 13.5. The summed E-state index contributed by atoms with van der Waals surface area (Å²) >= 11 is 0. The Bertz CT molecular complexity index is 419. The summed E-state index contributed by atoms with van der Waals surface area (Å²) in [5, 5.41) is 11.4. The Morgan fingerprint density at radius 3 is 2.61 bits per heavy atom. The summed E-state index contributed by atoms with van der Waals surface area (Å²) in [6.45, 7) is 2.76. The lowest BCUT2D eigenvalue weighted by Crippen LogP contribution is -2.35. The van der Waals surface area contributed by atoms with Crippen LogP contribution in [-0.2, 0) is 4.79 Å². The number of amides is 1. The molecule has 1 amide bonds. The first-order valence-corrected chi connectivity index (χ1v) is 5.57. The van der Waals surface area contributed by atoms with Crippen LogP contribution in [0, 0.1) is 0 Å². The van der Waals surface area contributed by atoms with Crippen LogP contribution in [-0.4, -0.2) is 47.1 Å². The minimum atomic E-state index is -1.13. The molecular weight excluding hydrogens is 236 g/mol. The molecule has 0 aliphatic heterocycles. The Balaban J connectivity index is 2.58. The molecule has 7 nitrogen and oxygen atoms in total. The van der Waals surface area contributed by atoms with Gasteiger partial charge in [0, 0.05) is 13.6 Å². The number of rotatable bonds is 6. The molecule has 0 radical (unpaired) electrons. The largest absolute Gasteiger partial charge is 0.476 e. The Kier molecular flexibility index (Phi) is 5.04. The van der Waals surface area contributed by atoms with E-state index in [0.29, 0.717) is 12.4 Å². The highest BCUT2D eigenvalue weighted by molar-refractivity contribution is 5.85. The van der Waals surface area contributed by atoms with Gasteiger partial charge in [0.1, 0.15) is 5.82 Å². The first-order chi connectivity index (χ1) is 8.54.